The molecule has 0 amide bonds. The molecule has 478 valence electrons. The molecule has 0 aliphatic rings. The van der Waals surface area contributed by atoms with E-state index >= 15 is 0 Å². The lowest BCUT2D eigenvalue weighted by molar-refractivity contribution is -0.432. The van der Waals surface area contributed by atoms with Gasteiger partial charge in [0.05, 0.1) is 88.5 Å². The first kappa shape index (κ1) is 66.1. The molecule has 7 aromatic carbocycles. The third-order valence-electron chi connectivity index (χ3n) is 12.4. The van der Waals surface area contributed by atoms with Crippen LogP contribution in [0.2, 0.25) is 0 Å². The summed E-state index contributed by atoms with van der Waals surface area (Å²) in [7, 11) is -10.1. The van der Waals surface area contributed by atoms with E-state index in [1.165, 1.54) is 26.0 Å². The number of azo groups is 2. The zero-order valence-corrected chi connectivity index (χ0v) is 49.3. The molecule has 9 aromatic rings. The number of anilines is 8. The molecule has 2 heterocycles. The third-order valence-corrected chi connectivity index (χ3v) is 15.3. The van der Waals surface area contributed by atoms with Gasteiger partial charge in [0.2, 0.25) is 23.8 Å². The average Bonchev–Trinajstić information content (AvgIpc) is 0.765. The highest BCUT2D eigenvalue weighted by Gasteiger charge is 2.26. The van der Waals surface area contributed by atoms with Crippen LogP contribution in [0.5, 0.6) is 11.5 Å². The van der Waals surface area contributed by atoms with E-state index in [2.05, 4.69) is 90.4 Å². The molecule has 93 heavy (non-hydrogen) atoms. The lowest BCUT2D eigenvalue weighted by Crippen LogP contribution is -2.10. The summed E-state index contributed by atoms with van der Waals surface area (Å²) in [6, 6.07) is 15.0. The molecule has 42 heteroatoms. The lowest BCUT2D eigenvalue weighted by atomic mass is 10.1. The number of nitrogens with one attached hydrogen (secondary N) is 4. The van der Waals surface area contributed by atoms with Crippen LogP contribution in [0.4, 0.5) is 69.3 Å². The molecule has 0 radical (unpaired) electrons. The van der Waals surface area contributed by atoms with Gasteiger partial charge in [-0.25, -0.2) is 34.5 Å². The molecule has 0 saturated heterocycles. The van der Waals surface area contributed by atoms with Crippen LogP contribution in [0.25, 0.3) is 21.5 Å². The Hall–Kier alpha value is -11.3. The average molecular weight is 1360 g/mol. The van der Waals surface area contributed by atoms with Crippen LogP contribution in [0.15, 0.2) is 131 Å². The fraction of sp³-hybridized carbons (Fsp3) is 0.0392. The van der Waals surface area contributed by atoms with E-state index in [0.717, 1.165) is 78.9 Å². The Morgan fingerprint density at radius 3 is 1.20 bits per heavy atom. The number of hydrogen-bond donors (Lipinski definition) is 15. The molecule has 9 rings (SSSR count). The number of fused-ring (bicyclic) bond motifs is 2. The van der Waals surface area contributed by atoms with E-state index < -0.39 is 128 Å². The number of carboxylic acids is 5. The van der Waals surface area contributed by atoms with E-state index in [1.54, 1.807) is 0 Å². The first-order valence-corrected chi connectivity index (χ1v) is 29.2. The van der Waals surface area contributed by atoms with Crippen molar-refractivity contribution in [3.05, 3.63) is 130 Å². The SMILES string of the molecule is Cc1nc(Nc2ccc(Nc3nc(C)nc(Nc4cc(S(=O)(=O)O)cc5cc(SOOO)c(N=Nc6cc(C(=O)O)ccc6C(=O)O)c(O)c45)n3)c(C(=O)O)c2)nc(Nc2cc(S(=O)(=O)O)cc3cc(SOOO)c(N=Nc4cc(C(=O)O)ccc4C(=O)O)c(O)c23)n1. The van der Waals surface area contributed by atoms with Crippen molar-refractivity contribution in [2.24, 2.45) is 20.5 Å². The van der Waals surface area contributed by atoms with Crippen molar-refractivity contribution in [1.29, 1.82) is 0 Å². The maximum absolute atomic E-state index is 12.9. The predicted molar refractivity (Wildman–Crippen MR) is 317 cm³/mol. The van der Waals surface area contributed by atoms with Gasteiger partial charge < -0.3 is 57.0 Å². The summed E-state index contributed by atoms with van der Waals surface area (Å²) >= 11 is 0.359. The standard InChI is InChI=1S/C51H36N14O24S4/c1-18-52-48(60-50(54-18)58-33-16-25(92(80,81)82)9-22-13-35(90-88-86-78)39(41(66)37(22)33)64-62-31-11-20(43(68)69)3-6-27(31)45(72)73)56-24-5-8-30(29(15-24)47(76)77)57-49-53-19(2)55-51(61-49)59-34-17-26(93(83,84)85)10-23-14-36(91-89-87-79)40(42(67)38(23)34)65-63-32-12-21(44(70)71)4-7-28(32)46(74)75/h3-17,66-67,78-79H,1-2H3,(H,68,69)(H,70,71)(H,72,73)(H,74,75)(H,76,77)(H,80,81,82)(H,83,84,85)(H2,52,54,56,58,60)(H2,53,55,57,59,61). The first-order valence-electron chi connectivity index (χ1n) is 24.9. The van der Waals surface area contributed by atoms with Crippen molar-refractivity contribution >= 4 is 165 Å². The number of hydrogen-bond acceptors (Lipinski definition) is 33. The molecule has 0 unspecified atom stereocenters. The summed E-state index contributed by atoms with van der Waals surface area (Å²) in [6.45, 7) is 2.76. The first-order chi connectivity index (χ1) is 44.0. The van der Waals surface area contributed by atoms with Crippen LogP contribution in [0, 0.1) is 13.8 Å². The minimum atomic E-state index is -5.06. The smallest absolute Gasteiger partial charge is 0.337 e. The third kappa shape index (κ3) is 15.1. The fourth-order valence-corrected chi connectivity index (χ4v) is 10.6. The summed E-state index contributed by atoms with van der Waals surface area (Å²) < 4.78 is 79.9. The second-order valence-corrected chi connectivity index (χ2v) is 22.7. The number of aromatic nitrogens is 6. The zero-order valence-electron chi connectivity index (χ0n) is 46.0. The minimum absolute atomic E-state index is 0.00613. The second-order valence-electron chi connectivity index (χ2n) is 18.4. The zero-order chi connectivity index (χ0) is 67.4. The molecule has 0 aliphatic carbocycles. The number of benzene rings is 7. The Kier molecular flexibility index (Phi) is 19.2. The maximum Gasteiger partial charge on any atom is 0.337 e. The number of carbonyl (C=O) groups is 5. The number of rotatable bonds is 25. The van der Waals surface area contributed by atoms with Crippen LogP contribution in [-0.4, -0.2) is 132 Å². The number of carboxylic acid groups (broad SMARTS) is 5. The van der Waals surface area contributed by atoms with Crippen molar-refractivity contribution in [2.45, 2.75) is 33.4 Å². The highest BCUT2D eigenvalue weighted by Crippen LogP contribution is 2.50. The Labute approximate surface area is 524 Å². The maximum atomic E-state index is 12.9. The van der Waals surface area contributed by atoms with Gasteiger partial charge in [-0.3, -0.25) is 9.11 Å². The normalized spacial score (nSPS) is 11.8. The van der Waals surface area contributed by atoms with Crippen LogP contribution in [-0.2, 0) is 39.0 Å². The van der Waals surface area contributed by atoms with Crippen molar-refractivity contribution in [3.8, 4) is 11.5 Å². The predicted octanol–water partition coefficient (Wildman–Crippen LogP) is 10.0. The molecular formula is C51H36N14O24S4. The molecule has 0 spiro atoms. The minimum Gasteiger partial charge on any atom is -0.505 e. The van der Waals surface area contributed by atoms with Crippen LogP contribution >= 0.6 is 24.1 Å². The largest absolute Gasteiger partial charge is 0.505 e. The van der Waals surface area contributed by atoms with Gasteiger partial charge in [-0.05, 0) is 116 Å². The molecule has 2 aromatic heterocycles. The van der Waals surface area contributed by atoms with Gasteiger partial charge in [-0.15, -0.1) is 29.1 Å². The molecule has 0 bridgehead atoms. The van der Waals surface area contributed by atoms with Gasteiger partial charge >= 0.3 is 29.8 Å². The monoisotopic (exact) mass is 1360 g/mol. The van der Waals surface area contributed by atoms with Gasteiger partial charge in [0.15, 0.2) is 11.5 Å². The van der Waals surface area contributed by atoms with E-state index in [0.29, 0.717) is 0 Å². The number of phenols is 2. The molecule has 0 saturated carbocycles. The summed E-state index contributed by atoms with van der Waals surface area (Å²) in [5.74, 6) is -10.8. The van der Waals surface area contributed by atoms with Crippen LogP contribution in [0.3, 0.4) is 0 Å². The van der Waals surface area contributed by atoms with Gasteiger partial charge in [-0.2, -0.15) is 46.7 Å². The van der Waals surface area contributed by atoms with E-state index in [1.807, 2.05) is 0 Å². The van der Waals surface area contributed by atoms with Gasteiger partial charge in [0.25, 0.3) is 20.2 Å². The quantitative estimate of drug-likeness (QED) is 0.00831. The lowest BCUT2D eigenvalue weighted by Gasteiger charge is -2.16. The van der Waals surface area contributed by atoms with Crippen molar-refractivity contribution in [2.75, 3.05) is 21.3 Å². The molecule has 38 nitrogen and oxygen atoms in total. The molecular weight excluding hydrogens is 1320 g/mol. The van der Waals surface area contributed by atoms with Crippen molar-refractivity contribution < 1.29 is 115 Å². The Bertz CT molecular complexity index is 4930. The number of aryl methyl sites for hydroxylation is 2. The van der Waals surface area contributed by atoms with Crippen molar-refractivity contribution in [1.82, 2.24) is 29.9 Å². The summed E-state index contributed by atoms with van der Waals surface area (Å²) in [5.41, 5.74) is -5.33. The van der Waals surface area contributed by atoms with Gasteiger partial charge in [0, 0.05) is 16.5 Å². The molecule has 15 N–H and O–H groups in total. The van der Waals surface area contributed by atoms with Crippen LogP contribution in [0.1, 0.15) is 63.4 Å². The number of aromatic carboxylic acids is 5. The Morgan fingerprint density at radius 1 is 0.452 bits per heavy atom. The highest BCUT2D eigenvalue weighted by molar-refractivity contribution is 7.95. The van der Waals surface area contributed by atoms with E-state index in [-0.39, 0.29) is 108 Å². The number of phenolic OH excluding ortho intramolecular Hbond substituents is 2. The number of nitrogens with zero attached hydrogens (tertiary/aromatic N) is 10. The number of aromatic hydroxyl groups is 2. The summed E-state index contributed by atoms with van der Waals surface area (Å²) in [4.78, 5) is 83.7. The summed E-state index contributed by atoms with van der Waals surface area (Å²) in [5, 5.41) is 124. The summed E-state index contributed by atoms with van der Waals surface area (Å²) in [6.07, 6.45) is 0. The molecule has 0 atom stereocenters. The van der Waals surface area contributed by atoms with E-state index in [9.17, 15) is 85.7 Å². The Balaban J connectivity index is 1.04. The van der Waals surface area contributed by atoms with E-state index in [4.69, 9.17) is 10.5 Å². The highest BCUT2D eigenvalue weighted by atomic mass is 32.2. The Morgan fingerprint density at radius 2 is 0.839 bits per heavy atom. The van der Waals surface area contributed by atoms with Crippen molar-refractivity contribution in [3.63, 3.8) is 0 Å². The molecule has 0 aliphatic heterocycles. The molecule has 0 fully saturated rings. The van der Waals surface area contributed by atoms with Crippen LogP contribution < -0.4 is 21.3 Å². The topological polar surface area (TPSA) is 588 Å². The van der Waals surface area contributed by atoms with Gasteiger partial charge in [-0.1, -0.05) is 10.1 Å². The second kappa shape index (κ2) is 27.0. The fourth-order valence-electron chi connectivity index (χ4n) is 8.49. The van der Waals surface area contributed by atoms with Gasteiger partial charge in [0.1, 0.15) is 34.4 Å².